The van der Waals surface area contributed by atoms with E-state index in [0.717, 1.165) is 0 Å². The summed E-state index contributed by atoms with van der Waals surface area (Å²) >= 11 is 5.50. The Hall–Kier alpha value is -0.960. The first-order chi connectivity index (χ1) is 7.20. The van der Waals surface area contributed by atoms with Crippen LogP contribution in [0, 0.1) is 0 Å². The minimum absolute atomic E-state index is 0.0651. The van der Waals surface area contributed by atoms with Crippen LogP contribution in [0.4, 0.5) is 8.78 Å². The molecule has 1 aromatic carbocycles. The molecule has 0 aliphatic carbocycles. The zero-order valence-electron chi connectivity index (χ0n) is 8.05. The van der Waals surface area contributed by atoms with E-state index in [4.69, 9.17) is 11.6 Å². The molecule has 1 nitrogen and oxygen atoms in total. The molecule has 15 heavy (non-hydrogen) atoms. The Kier molecular flexibility index (Phi) is 4.69. The highest BCUT2D eigenvalue weighted by Crippen LogP contribution is 2.26. The fourth-order valence-corrected chi connectivity index (χ4v) is 1.60. The van der Waals surface area contributed by atoms with E-state index in [1.807, 2.05) is 0 Å². The molecule has 1 aromatic rings. The minimum Gasteiger partial charge on any atom is -0.298 e. The molecule has 0 bridgehead atoms. The van der Waals surface area contributed by atoms with E-state index in [2.05, 4.69) is 0 Å². The maximum absolute atomic E-state index is 12.6. The van der Waals surface area contributed by atoms with E-state index >= 15 is 0 Å². The third-order valence-electron chi connectivity index (χ3n) is 2.17. The number of halogens is 3. The predicted octanol–water partition coefficient (Wildman–Crippen LogP) is 3.61. The summed E-state index contributed by atoms with van der Waals surface area (Å²) in [5, 5.41) is 0. The van der Waals surface area contributed by atoms with Gasteiger partial charge in [-0.25, -0.2) is 8.78 Å². The van der Waals surface area contributed by atoms with Gasteiger partial charge in [-0.3, -0.25) is 4.79 Å². The quantitative estimate of drug-likeness (QED) is 0.560. The van der Waals surface area contributed by atoms with Gasteiger partial charge in [0.1, 0.15) is 6.29 Å². The van der Waals surface area contributed by atoms with Crippen molar-refractivity contribution in [3.05, 3.63) is 34.9 Å². The van der Waals surface area contributed by atoms with Crippen LogP contribution in [0.15, 0.2) is 18.2 Å². The van der Waals surface area contributed by atoms with Gasteiger partial charge in [-0.2, -0.15) is 0 Å². The van der Waals surface area contributed by atoms with Gasteiger partial charge in [0, 0.05) is 17.0 Å². The van der Waals surface area contributed by atoms with E-state index in [9.17, 15) is 13.6 Å². The van der Waals surface area contributed by atoms with Gasteiger partial charge in [0.2, 0.25) is 0 Å². The van der Waals surface area contributed by atoms with Crippen LogP contribution in [0.25, 0.3) is 0 Å². The van der Waals surface area contributed by atoms with Crippen LogP contribution in [0.2, 0.25) is 0 Å². The first-order valence-corrected chi connectivity index (χ1v) is 5.15. The van der Waals surface area contributed by atoms with Crippen molar-refractivity contribution in [1.82, 2.24) is 0 Å². The third-order valence-corrected chi connectivity index (χ3v) is 2.44. The molecule has 0 aliphatic rings. The van der Waals surface area contributed by atoms with Crippen molar-refractivity contribution in [2.45, 2.75) is 19.3 Å². The molecule has 0 heterocycles. The van der Waals surface area contributed by atoms with Gasteiger partial charge in [0.25, 0.3) is 6.43 Å². The first kappa shape index (κ1) is 12.1. The lowest BCUT2D eigenvalue weighted by Gasteiger charge is -2.10. The topological polar surface area (TPSA) is 17.1 Å². The second kappa shape index (κ2) is 5.81. The number of hydrogen-bond acceptors (Lipinski definition) is 1. The molecular formula is C11H11ClF2O. The number of carbonyl (C=O) groups is 1. The second-order valence-corrected chi connectivity index (χ2v) is 3.50. The lowest BCUT2D eigenvalue weighted by Crippen LogP contribution is -2.00. The van der Waals surface area contributed by atoms with E-state index in [-0.39, 0.29) is 5.56 Å². The molecule has 4 heteroatoms. The third kappa shape index (κ3) is 2.99. The molecule has 0 spiro atoms. The highest BCUT2D eigenvalue weighted by Gasteiger charge is 2.15. The fourth-order valence-electron chi connectivity index (χ4n) is 1.47. The number of hydrogen-bond donors (Lipinski definition) is 0. The fraction of sp³-hybridized carbons (Fsp3) is 0.364. The number of carbonyl (C=O) groups excluding carboxylic acids is 1. The predicted molar refractivity (Wildman–Crippen MR) is 55.8 cm³/mol. The van der Waals surface area contributed by atoms with Crippen molar-refractivity contribution >= 4 is 17.9 Å². The lowest BCUT2D eigenvalue weighted by molar-refractivity contribution is 0.112. The maximum atomic E-state index is 12.6. The molecule has 0 aromatic heterocycles. The van der Waals surface area contributed by atoms with Crippen molar-refractivity contribution in [2.24, 2.45) is 0 Å². The Balaban J connectivity index is 3.08. The number of alkyl halides is 3. The molecule has 0 saturated carbocycles. The molecule has 0 unspecified atom stereocenters. The van der Waals surface area contributed by atoms with Crippen molar-refractivity contribution in [1.29, 1.82) is 0 Å². The summed E-state index contributed by atoms with van der Waals surface area (Å²) in [4.78, 5) is 10.7. The SMILES string of the molecule is O=Cc1cccc(C(F)F)c1CCCCl. The number of aldehydes is 1. The van der Waals surface area contributed by atoms with E-state index < -0.39 is 6.43 Å². The summed E-state index contributed by atoms with van der Waals surface area (Å²) in [6.45, 7) is 0. The zero-order valence-corrected chi connectivity index (χ0v) is 8.81. The van der Waals surface area contributed by atoms with Crippen LogP contribution in [0.3, 0.4) is 0 Å². The van der Waals surface area contributed by atoms with Gasteiger partial charge in [-0.1, -0.05) is 18.2 Å². The number of benzene rings is 1. The summed E-state index contributed by atoms with van der Waals surface area (Å²) < 4.78 is 25.2. The Morgan fingerprint density at radius 1 is 1.40 bits per heavy atom. The average Bonchev–Trinajstić information content (AvgIpc) is 2.25. The molecule has 0 atom stereocenters. The van der Waals surface area contributed by atoms with Crippen LogP contribution in [0.5, 0.6) is 0 Å². The summed E-state index contributed by atoms with van der Waals surface area (Å²) in [7, 11) is 0. The Labute approximate surface area is 92.1 Å². The van der Waals surface area contributed by atoms with Gasteiger partial charge in [-0.15, -0.1) is 11.6 Å². The van der Waals surface area contributed by atoms with Gasteiger partial charge >= 0.3 is 0 Å². The van der Waals surface area contributed by atoms with Gasteiger partial charge in [-0.05, 0) is 18.4 Å². The Morgan fingerprint density at radius 3 is 2.67 bits per heavy atom. The summed E-state index contributed by atoms with van der Waals surface area (Å²) in [6, 6.07) is 4.36. The van der Waals surface area contributed by atoms with Gasteiger partial charge in [0.15, 0.2) is 0 Å². The molecule has 0 saturated heterocycles. The maximum Gasteiger partial charge on any atom is 0.264 e. The molecule has 0 amide bonds. The van der Waals surface area contributed by atoms with Gasteiger partial charge < -0.3 is 0 Å². The molecule has 0 fully saturated rings. The zero-order chi connectivity index (χ0) is 11.3. The molecule has 82 valence electrons. The highest BCUT2D eigenvalue weighted by atomic mass is 35.5. The monoisotopic (exact) mass is 232 g/mol. The Morgan fingerprint density at radius 2 is 2.13 bits per heavy atom. The van der Waals surface area contributed by atoms with Crippen molar-refractivity contribution in [2.75, 3.05) is 5.88 Å². The lowest BCUT2D eigenvalue weighted by atomic mass is 9.98. The van der Waals surface area contributed by atoms with E-state index in [0.29, 0.717) is 36.1 Å². The van der Waals surface area contributed by atoms with Crippen molar-refractivity contribution in [3.63, 3.8) is 0 Å². The summed E-state index contributed by atoms with van der Waals surface area (Å²) in [6.07, 6.45) is -0.935. The highest BCUT2D eigenvalue weighted by molar-refractivity contribution is 6.17. The van der Waals surface area contributed by atoms with Crippen molar-refractivity contribution in [3.8, 4) is 0 Å². The van der Waals surface area contributed by atoms with E-state index in [1.54, 1.807) is 6.07 Å². The standard InChI is InChI=1S/C11H11ClF2O/c12-6-2-5-9-8(7-15)3-1-4-10(9)11(13)14/h1,3-4,7,11H,2,5-6H2. The molecule has 1 rings (SSSR count). The van der Waals surface area contributed by atoms with Gasteiger partial charge in [0.05, 0.1) is 0 Å². The Bertz CT molecular complexity index is 339. The normalized spacial score (nSPS) is 10.7. The summed E-state index contributed by atoms with van der Waals surface area (Å²) in [5.41, 5.74) is 0.686. The van der Waals surface area contributed by atoms with Crippen LogP contribution < -0.4 is 0 Å². The minimum atomic E-state index is -2.55. The van der Waals surface area contributed by atoms with Crippen LogP contribution >= 0.6 is 11.6 Å². The summed E-state index contributed by atoms with van der Waals surface area (Å²) in [5.74, 6) is 0.399. The molecule has 0 aliphatic heterocycles. The average molecular weight is 233 g/mol. The molecular weight excluding hydrogens is 222 g/mol. The van der Waals surface area contributed by atoms with E-state index in [1.165, 1.54) is 12.1 Å². The number of rotatable bonds is 5. The largest absolute Gasteiger partial charge is 0.298 e. The van der Waals surface area contributed by atoms with Crippen molar-refractivity contribution < 1.29 is 13.6 Å². The second-order valence-electron chi connectivity index (χ2n) is 3.13. The smallest absolute Gasteiger partial charge is 0.264 e. The van der Waals surface area contributed by atoms with Crippen LogP contribution in [-0.2, 0) is 6.42 Å². The molecule has 0 N–H and O–H groups in total. The van der Waals surface area contributed by atoms with Crippen LogP contribution in [0.1, 0.15) is 34.3 Å². The first-order valence-electron chi connectivity index (χ1n) is 4.61. The molecule has 0 radical (unpaired) electrons. The van der Waals surface area contributed by atoms with Crippen LogP contribution in [-0.4, -0.2) is 12.2 Å².